The normalized spacial score (nSPS) is 23.4. The van der Waals surface area contributed by atoms with Crippen LogP contribution in [0, 0.1) is 5.92 Å². The van der Waals surface area contributed by atoms with E-state index in [0.717, 1.165) is 18.6 Å². The number of amides is 1. The largest absolute Gasteiger partial charge is 0.497 e. The van der Waals surface area contributed by atoms with E-state index in [1.54, 1.807) is 13.2 Å². The first kappa shape index (κ1) is 12.9. The fraction of sp³-hybridized carbons (Fsp3) is 0.533. The molecule has 1 saturated carbocycles. The number of nitrogens with one attached hydrogen (secondary N) is 1. The molecule has 0 aliphatic heterocycles. The molecule has 3 nitrogen and oxygen atoms in total. The Balaban J connectivity index is 1.98. The van der Waals surface area contributed by atoms with Gasteiger partial charge in [0.15, 0.2) is 0 Å². The maximum Gasteiger partial charge on any atom is 0.251 e. The van der Waals surface area contributed by atoms with Crippen molar-refractivity contribution in [1.29, 1.82) is 0 Å². The Morgan fingerprint density at radius 3 is 2.94 bits per heavy atom. The number of ether oxygens (including phenoxy) is 1. The molecule has 98 valence electrons. The molecular weight excluding hydrogens is 226 g/mol. The van der Waals surface area contributed by atoms with Crippen LogP contribution in [0.25, 0.3) is 0 Å². The zero-order valence-corrected chi connectivity index (χ0v) is 11.1. The van der Waals surface area contributed by atoms with Gasteiger partial charge in [-0.05, 0) is 37.0 Å². The third kappa shape index (κ3) is 3.25. The molecular formula is C15H21NO2. The van der Waals surface area contributed by atoms with Gasteiger partial charge < -0.3 is 10.1 Å². The highest BCUT2D eigenvalue weighted by Gasteiger charge is 2.20. The summed E-state index contributed by atoms with van der Waals surface area (Å²) in [6.07, 6.45) is 4.69. The van der Waals surface area contributed by atoms with Crippen LogP contribution in [-0.2, 0) is 0 Å². The molecule has 0 saturated heterocycles. The molecule has 1 aromatic rings. The van der Waals surface area contributed by atoms with E-state index < -0.39 is 0 Å². The van der Waals surface area contributed by atoms with Crippen molar-refractivity contribution >= 4 is 5.91 Å². The van der Waals surface area contributed by atoms with Crippen molar-refractivity contribution in [3.8, 4) is 5.75 Å². The van der Waals surface area contributed by atoms with Gasteiger partial charge in [-0.2, -0.15) is 0 Å². The minimum absolute atomic E-state index is 0.00741. The molecule has 1 aliphatic rings. The molecule has 1 N–H and O–H groups in total. The van der Waals surface area contributed by atoms with Crippen LogP contribution in [0.15, 0.2) is 24.3 Å². The van der Waals surface area contributed by atoms with E-state index in [1.165, 1.54) is 12.8 Å². The summed E-state index contributed by atoms with van der Waals surface area (Å²) in [6, 6.07) is 7.62. The highest BCUT2D eigenvalue weighted by atomic mass is 16.5. The lowest BCUT2D eigenvalue weighted by molar-refractivity contribution is 0.0921. The predicted octanol–water partition coefficient (Wildman–Crippen LogP) is 3.00. The first-order valence-corrected chi connectivity index (χ1v) is 6.64. The van der Waals surface area contributed by atoms with E-state index >= 15 is 0 Å². The van der Waals surface area contributed by atoms with Crippen molar-refractivity contribution in [1.82, 2.24) is 5.32 Å². The second-order valence-electron chi connectivity index (χ2n) is 5.17. The topological polar surface area (TPSA) is 38.3 Å². The average molecular weight is 247 g/mol. The maximum atomic E-state index is 12.1. The monoisotopic (exact) mass is 247 g/mol. The smallest absolute Gasteiger partial charge is 0.251 e. The van der Waals surface area contributed by atoms with Crippen molar-refractivity contribution in [2.45, 2.75) is 38.6 Å². The van der Waals surface area contributed by atoms with E-state index in [2.05, 4.69) is 12.2 Å². The molecule has 1 aliphatic carbocycles. The minimum Gasteiger partial charge on any atom is -0.497 e. The molecule has 0 spiro atoms. The highest BCUT2D eigenvalue weighted by Crippen LogP contribution is 2.24. The summed E-state index contributed by atoms with van der Waals surface area (Å²) in [7, 11) is 1.61. The van der Waals surface area contributed by atoms with Crippen LogP contribution in [0.3, 0.4) is 0 Å². The minimum atomic E-state index is 0.00741. The Labute approximate surface area is 109 Å². The molecule has 1 fully saturated rings. The van der Waals surface area contributed by atoms with Gasteiger partial charge in [0.1, 0.15) is 5.75 Å². The fourth-order valence-corrected chi connectivity index (χ4v) is 2.60. The van der Waals surface area contributed by atoms with Crippen LogP contribution < -0.4 is 10.1 Å². The summed E-state index contributed by atoms with van der Waals surface area (Å²) >= 11 is 0. The van der Waals surface area contributed by atoms with Crippen molar-refractivity contribution in [3.63, 3.8) is 0 Å². The summed E-state index contributed by atoms with van der Waals surface area (Å²) in [5.41, 5.74) is 0.674. The van der Waals surface area contributed by atoms with Crippen LogP contribution >= 0.6 is 0 Å². The van der Waals surface area contributed by atoms with Gasteiger partial charge in [-0.15, -0.1) is 0 Å². The maximum absolute atomic E-state index is 12.1. The van der Waals surface area contributed by atoms with E-state index in [0.29, 0.717) is 17.5 Å². The van der Waals surface area contributed by atoms with Gasteiger partial charge in [-0.25, -0.2) is 0 Å². The summed E-state index contributed by atoms with van der Waals surface area (Å²) in [4.78, 5) is 12.1. The lowest BCUT2D eigenvalue weighted by atomic mass is 9.87. The SMILES string of the molecule is COc1cccc(C(=O)NC2CCCC(C)C2)c1. The molecule has 3 heteroatoms. The predicted molar refractivity (Wildman–Crippen MR) is 71.9 cm³/mol. The number of carbonyl (C=O) groups excluding carboxylic acids is 1. The zero-order valence-electron chi connectivity index (χ0n) is 11.1. The molecule has 1 amide bonds. The third-order valence-electron chi connectivity index (χ3n) is 3.60. The van der Waals surface area contributed by atoms with Gasteiger partial charge >= 0.3 is 0 Å². The molecule has 1 aromatic carbocycles. The standard InChI is InChI=1S/C15H21NO2/c1-11-5-3-7-13(9-11)16-15(17)12-6-4-8-14(10-12)18-2/h4,6,8,10-11,13H,3,5,7,9H2,1-2H3,(H,16,17). The number of methoxy groups -OCH3 is 1. The molecule has 2 unspecified atom stereocenters. The number of rotatable bonds is 3. The second-order valence-corrected chi connectivity index (χ2v) is 5.17. The van der Waals surface area contributed by atoms with E-state index in [4.69, 9.17) is 4.74 Å². The molecule has 0 aromatic heterocycles. The first-order valence-electron chi connectivity index (χ1n) is 6.64. The zero-order chi connectivity index (χ0) is 13.0. The van der Waals surface area contributed by atoms with Crippen molar-refractivity contribution in [2.24, 2.45) is 5.92 Å². The Morgan fingerprint density at radius 1 is 1.39 bits per heavy atom. The summed E-state index contributed by atoms with van der Waals surface area (Å²) in [6.45, 7) is 2.25. The Hall–Kier alpha value is -1.51. The van der Waals surface area contributed by atoms with Crippen LogP contribution in [0.2, 0.25) is 0 Å². The van der Waals surface area contributed by atoms with Gasteiger partial charge in [0.2, 0.25) is 0 Å². The lowest BCUT2D eigenvalue weighted by Gasteiger charge is -2.27. The lowest BCUT2D eigenvalue weighted by Crippen LogP contribution is -2.37. The van der Waals surface area contributed by atoms with Crippen LogP contribution in [0.1, 0.15) is 43.0 Å². The average Bonchev–Trinajstić information content (AvgIpc) is 2.39. The Kier molecular flexibility index (Phi) is 4.24. The van der Waals surface area contributed by atoms with Gasteiger partial charge in [-0.1, -0.05) is 25.8 Å². The van der Waals surface area contributed by atoms with E-state index in [9.17, 15) is 4.79 Å². The van der Waals surface area contributed by atoms with Crippen LogP contribution in [0.5, 0.6) is 5.75 Å². The van der Waals surface area contributed by atoms with Crippen molar-refractivity contribution in [3.05, 3.63) is 29.8 Å². The van der Waals surface area contributed by atoms with Crippen LogP contribution in [0.4, 0.5) is 0 Å². The van der Waals surface area contributed by atoms with Crippen LogP contribution in [-0.4, -0.2) is 19.1 Å². The molecule has 2 atom stereocenters. The number of benzene rings is 1. The van der Waals surface area contributed by atoms with Crippen molar-refractivity contribution < 1.29 is 9.53 Å². The third-order valence-corrected chi connectivity index (χ3v) is 3.60. The Bertz CT molecular complexity index is 417. The number of hydrogen-bond donors (Lipinski definition) is 1. The number of carbonyl (C=O) groups is 1. The summed E-state index contributed by atoms with van der Waals surface area (Å²) in [5, 5.41) is 3.12. The molecule has 0 radical (unpaired) electrons. The molecule has 18 heavy (non-hydrogen) atoms. The number of hydrogen-bond acceptors (Lipinski definition) is 2. The Morgan fingerprint density at radius 2 is 2.22 bits per heavy atom. The summed E-state index contributed by atoms with van der Waals surface area (Å²) in [5.74, 6) is 1.45. The summed E-state index contributed by atoms with van der Waals surface area (Å²) < 4.78 is 5.13. The van der Waals surface area contributed by atoms with Gasteiger partial charge in [0.25, 0.3) is 5.91 Å². The fourth-order valence-electron chi connectivity index (χ4n) is 2.60. The quantitative estimate of drug-likeness (QED) is 0.891. The van der Waals surface area contributed by atoms with E-state index in [1.807, 2.05) is 18.2 Å². The van der Waals surface area contributed by atoms with Gasteiger partial charge in [-0.3, -0.25) is 4.79 Å². The first-order chi connectivity index (χ1) is 8.69. The molecule has 0 bridgehead atoms. The van der Waals surface area contributed by atoms with Gasteiger partial charge in [0.05, 0.1) is 7.11 Å². The molecule has 0 heterocycles. The van der Waals surface area contributed by atoms with E-state index in [-0.39, 0.29) is 5.91 Å². The highest BCUT2D eigenvalue weighted by molar-refractivity contribution is 5.94. The second kappa shape index (κ2) is 5.89. The molecule has 2 rings (SSSR count). The van der Waals surface area contributed by atoms with Gasteiger partial charge in [0, 0.05) is 11.6 Å². The van der Waals surface area contributed by atoms with Crippen molar-refractivity contribution in [2.75, 3.05) is 7.11 Å².